The van der Waals surface area contributed by atoms with Gasteiger partial charge < -0.3 is 4.74 Å². The van der Waals surface area contributed by atoms with E-state index in [0.717, 1.165) is 26.2 Å². The highest BCUT2D eigenvalue weighted by Gasteiger charge is 2.32. The first kappa shape index (κ1) is 10.6. The summed E-state index contributed by atoms with van der Waals surface area (Å²) in [5.74, 6) is 2.85. The van der Waals surface area contributed by atoms with Gasteiger partial charge in [-0.1, -0.05) is 12.8 Å². The average Bonchev–Trinajstić information content (AvgIpc) is 2.18. The monoisotopic (exact) mass is 181 g/mol. The van der Waals surface area contributed by atoms with Gasteiger partial charge in [0.05, 0.1) is 18.8 Å². The van der Waals surface area contributed by atoms with E-state index in [4.69, 9.17) is 11.2 Å². The molecule has 0 amide bonds. The molecule has 0 N–H and O–H groups in total. The Bertz CT molecular complexity index is 205. The molecule has 0 saturated carbocycles. The van der Waals surface area contributed by atoms with E-state index < -0.39 is 0 Å². The Morgan fingerprint density at radius 2 is 2.31 bits per heavy atom. The van der Waals surface area contributed by atoms with Crippen molar-refractivity contribution < 1.29 is 4.74 Å². The number of rotatable bonds is 2. The highest BCUT2D eigenvalue weighted by Crippen LogP contribution is 2.21. The van der Waals surface area contributed by atoms with E-state index in [-0.39, 0.29) is 5.54 Å². The maximum atomic E-state index is 5.52. The van der Waals surface area contributed by atoms with Crippen LogP contribution in [-0.4, -0.2) is 36.2 Å². The zero-order valence-corrected chi connectivity index (χ0v) is 8.84. The Hall–Kier alpha value is -0.520. The summed E-state index contributed by atoms with van der Waals surface area (Å²) in [6.45, 7) is 8.96. The molecule has 0 aromatic carbocycles. The minimum atomic E-state index is -0.134. The van der Waals surface area contributed by atoms with Crippen LogP contribution >= 0.6 is 0 Å². The first-order valence-corrected chi connectivity index (χ1v) is 4.94. The lowest BCUT2D eigenvalue weighted by atomic mass is 9.99. The summed E-state index contributed by atoms with van der Waals surface area (Å²) in [4.78, 5) is 2.37. The number of ether oxygens (including phenoxy) is 1. The molecule has 1 rings (SSSR count). The van der Waals surface area contributed by atoms with E-state index >= 15 is 0 Å². The van der Waals surface area contributed by atoms with Crippen molar-refractivity contribution in [2.45, 2.75) is 38.8 Å². The van der Waals surface area contributed by atoms with Crippen molar-refractivity contribution in [1.29, 1.82) is 0 Å². The number of hydrogen-bond donors (Lipinski definition) is 0. The van der Waals surface area contributed by atoms with Crippen LogP contribution in [0.5, 0.6) is 0 Å². The van der Waals surface area contributed by atoms with Crippen LogP contribution < -0.4 is 0 Å². The van der Waals surface area contributed by atoms with Crippen LogP contribution in [0.25, 0.3) is 0 Å². The molecule has 0 bridgehead atoms. The summed E-state index contributed by atoms with van der Waals surface area (Å²) in [6, 6.07) is 0.486. The molecule has 1 aliphatic heterocycles. The number of hydrogen-bond acceptors (Lipinski definition) is 2. The van der Waals surface area contributed by atoms with Gasteiger partial charge in [-0.05, 0) is 20.3 Å². The maximum Gasteiger partial charge on any atom is 0.0770 e. The van der Waals surface area contributed by atoms with E-state index in [1.54, 1.807) is 0 Å². The SMILES string of the molecule is C#CC(C)(C)N1CCOCC1CC. The van der Waals surface area contributed by atoms with Crippen LogP contribution in [0, 0.1) is 12.3 Å². The van der Waals surface area contributed by atoms with Gasteiger partial charge >= 0.3 is 0 Å². The minimum absolute atomic E-state index is 0.134. The zero-order chi connectivity index (χ0) is 9.90. The molecule has 1 aliphatic rings. The summed E-state index contributed by atoms with van der Waals surface area (Å²) < 4.78 is 5.43. The van der Waals surface area contributed by atoms with Gasteiger partial charge in [-0.25, -0.2) is 0 Å². The summed E-state index contributed by atoms with van der Waals surface area (Å²) in [5, 5.41) is 0. The van der Waals surface area contributed by atoms with Crippen LogP contribution in [0.15, 0.2) is 0 Å². The van der Waals surface area contributed by atoms with Crippen LogP contribution in [0.2, 0.25) is 0 Å². The van der Waals surface area contributed by atoms with Crippen molar-refractivity contribution in [2.75, 3.05) is 19.8 Å². The van der Waals surface area contributed by atoms with Gasteiger partial charge in [-0.3, -0.25) is 4.90 Å². The molecule has 1 unspecified atom stereocenters. The van der Waals surface area contributed by atoms with Crippen molar-refractivity contribution in [3.63, 3.8) is 0 Å². The highest BCUT2D eigenvalue weighted by atomic mass is 16.5. The average molecular weight is 181 g/mol. The standard InChI is InChI=1S/C11H19NO/c1-5-10-9-13-8-7-12(10)11(3,4)6-2/h2,10H,5,7-9H2,1,3-4H3. The fourth-order valence-corrected chi connectivity index (χ4v) is 1.81. The molecular weight excluding hydrogens is 162 g/mol. The molecule has 0 radical (unpaired) electrons. The van der Waals surface area contributed by atoms with E-state index in [2.05, 4.69) is 31.6 Å². The normalized spacial score (nSPS) is 25.5. The van der Waals surface area contributed by atoms with Crippen molar-refractivity contribution in [3.05, 3.63) is 0 Å². The summed E-state index contributed by atoms with van der Waals surface area (Å²) in [5.41, 5.74) is -0.134. The first-order valence-electron chi connectivity index (χ1n) is 4.94. The smallest absolute Gasteiger partial charge is 0.0770 e. The van der Waals surface area contributed by atoms with E-state index in [1.165, 1.54) is 0 Å². The molecule has 0 aromatic rings. The number of morpholine rings is 1. The lowest BCUT2D eigenvalue weighted by Gasteiger charge is -2.43. The van der Waals surface area contributed by atoms with Crippen molar-refractivity contribution in [1.82, 2.24) is 4.90 Å². The Balaban J connectivity index is 2.70. The zero-order valence-electron chi connectivity index (χ0n) is 8.84. The topological polar surface area (TPSA) is 12.5 Å². The van der Waals surface area contributed by atoms with Gasteiger partial charge in [0.25, 0.3) is 0 Å². The molecule has 1 fully saturated rings. The van der Waals surface area contributed by atoms with Crippen molar-refractivity contribution in [2.24, 2.45) is 0 Å². The summed E-state index contributed by atoms with van der Waals surface area (Å²) in [6.07, 6.45) is 6.62. The fourth-order valence-electron chi connectivity index (χ4n) is 1.81. The van der Waals surface area contributed by atoms with Gasteiger partial charge in [0.15, 0.2) is 0 Å². The molecule has 0 aromatic heterocycles. The van der Waals surface area contributed by atoms with E-state index in [0.29, 0.717) is 6.04 Å². The number of terminal acetylenes is 1. The molecule has 1 atom stereocenters. The second-order valence-corrected chi connectivity index (χ2v) is 4.03. The van der Waals surface area contributed by atoms with E-state index in [9.17, 15) is 0 Å². The van der Waals surface area contributed by atoms with Gasteiger partial charge in [0.2, 0.25) is 0 Å². The number of nitrogens with zero attached hydrogens (tertiary/aromatic N) is 1. The van der Waals surface area contributed by atoms with Gasteiger partial charge in [-0.15, -0.1) is 6.42 Å². The Morgan fingerprint density at radius 1 is 1.62 bits per heavy atom. The predicted molar refractivity (Wildman–Crippen MR) is 54.5 cm³/mol. The Morgan fingerprint density at radius 3 is 2.85 bits per heavy atom. The second-order valence-electron chi connectivity index (χ2n) is 4.03. The van der Waals surface area contributed by atoms with Gasteiger partial charge in [0.1, 0.15) is 0 Å². The lowest BCUT2D eigenvalue weighted by Crippen LogP contribution is -2.54. The summed E-state index contributed by atoms with van der Waals surface area (Å²) in [7, 11) is 0. The van der Waals surface area contributed by atoms with Gasteiger partial charge in [0, 0.05) is 12.6 Å². The molecule has 0 aliphatic carbocycles. The molecule has 13 heavy (non-hydrogen) atoms. The van der Waals surface area contributed by atoms with Crippen molar-refractivity contribution in [3.8, 4) is 12.3 Å². The molecule has 74 valence electrons. The Labute approximate surface area is 81.3 Å². The molecule has 1 saturated heterocycles. The van der Waals surface area contributed by atoms with Crippen LogP contribution in [0.1, 0.15) is 27.2 Å². The quantitative estimate of drug-likeness (QED) is 0.599. The first-order chi connectivity index (χ1) is 6.11. The fraction of sp³-hybridized carbons (Fsp3) is 0.818. The molecule has 1 heterocycles. The predicted octanol–water partition coefficient (Wildman–Crippen LogP) is 1.51. The van der Waals surface area contributed by atoms with Crippen LogP contribution in [-0.2, 0) is 4.74 Å². The van der Waals surface area contributed by atoms with Gasteiger partial charge in [-0.2, -0.15) is 0 Å². The maximum absolute atomic E-state index is 5.52. The highest BCUT2D eigenvalue weighted by molar-refractivity contribution is 5.10. The van der Waals surface area contributed by atoms with Crippen molar-refractivity contribution >= 4 is 0 Å². The molecular formula is C11H19NO. The minimum Gasteiger partial charge on any atom is -0.378 e. The molecule has 0 spiro atoms. The third-order valence-corrected chi connectivity index (χ3v) is 2.77. The lowest BCUT2D eigenvalue weighted by molar-refractivity contribution is -0.0393. The molecule has 2 heteroatoms. The second kappa shape index (κ2) is 4.13. The van der Waals surface area contributed by atoms with Crippen LogP contribution in [0.3, 0.4) is 0 Å². The van der Waals surface area contributed by atoms with Crippen LogP contribution in [0.4, 0.5) is 0 Å². The largest absolute Gasteiger partial charge is 0.378 e. The van der Waals surface area contributed by atoms with E-state index in [1.807, 2.05) is 0 Å². The third-order valence-electron chi connectivity index (χ3n) is 2.77. The molecule has 2 nitrogen and oxygen atoms in total. The summed E-state index contributed by atoms with van der Waals surface area (Å²) >= 11 is 0. The Kier molecular flexibility index (Phi) is 3.35. The third kappa shape index (κ3) is 2.24.